The van der Waals surface area contributed by atoms with Gasteiger partial charge in [-0.2, -0.15) is 9.97 Å². The Bertz CT molecular complexity index is 1080. The highest BCUT2D eigenvalue weighted by Crippen LogP contribution is 2.33. The normalized spacial score (nSPS) is 29.4. The number of imidazole rings is 1. The van der Waals surface area contributed by atoms with Crippen molar-refractivity contribution in [2.75, 3.05) is 4.90 Å². The maximum atomic E-state index is 13.7. The molecule has 0 bridgehead atoms. The minimum Gasteiger partial charge on any atom is -0.492 e. The number of aromatic amines is 1. The van der Waals surface area contributed by atoms with Crippen LogP contribution in [-0.2, 0) is 0 Å². The van der Waals surface area contributed by atoms with Gasteiger partial charge in [-0.1, -0.05) is 6.08 Å². The van der Waals surface area contributed by atoms with Crippen LogP contribution in [-0.4, -0.2) is 54.3 Å². The number of nitrogens with zero attached hydrogens (tertiary/aromatic N) is 5. The fourth-order valence-electron chi connectivity index (χ4n) is 4.16. The molecule has 2 aromatic heterocycles. The Labute approximate surface area is 158 Å². The van der Waals surface area contributed by atoms with E-state index in [1.165, 1.54) is 23.1 Å². The summed E-state index contributed by atoms with van der Waals surface area (Å²) < 4.78 is 15.2. The molecule has 1 aliphatic heterocycles. The first-order valence-corrected chi connectivity index (χ1v) is 9.27. The fourth-order valence-corrected chi connectivity index (χ4v) is 4.16. The number of aliphatic hydroxyl groups excluding tert-OH is 1. The number of H-pyrrole nitrogens is 1. The molecule has 0 amide bonds. The highest BCUT2D eigenvalue weighted by atomic mass is 19.1. The van der Waals surface area contributed by atoms with Gasteiger partial charge in [0, 0.05) is 6.04 Å². The van der Waals surface area contributed by atoms with E-state index in [2.05, 4.69) is 19.9 Å². The first-order chi connectivity index (χ1) is 13.5. The van der Waals surface area contributed by atoms with Gasteiger partial charge in [-0.15, -0.1) is 0 Å². The average molecular weight is 386 g/mol. The molecule has 3 heterocycles. The number of allylic oxidation sites excluding steroid dienone is 2. The molecule has 0 saturated heterocycles. The van der Waals surface area contributed by atoms with Crippen molar-refractivity contribution in [3.8, 4) is 5.88 Å². The second-order valence-corrected chi connectivity index (χ2v) is 7.37. The Morgan fingerprint density at radius 2 is 2.00 bits per heavy atom. The number of fused-ring (bicyclic) bond motifs is 2. The second-order valence-electron chi connectivity index (χ2n) is 7.37. The lowest BCUT2D eigenvalue weighted by Gasteiger charge is -2.26. The maximum Gasteiger partial charge on any atom is 0.328 e. The van der Waals surface area contributed by atoms with E-state index in [0.29, 0.717) is 31.3 Å². The lowest BCUT2D eigenvalue weighted by molar-refractivity contribution is 0.111. The van der Waals surface area contributed by atoms with Gasteiger partial charge >= 0.3 is 5.69 Å². The minimum atomic E-state index is -0.425. The zero-order valence-electron chi connectivity index (χ0n) is 14.9. The summed E-state index contributed by atoms with van der Waals surface area (Å²) >= 11 is 0. The predicted octanol–water partition coefficient (Wildman–Crippen LogP) is 1.31. The van der Waals surface area contributed by atoms with Crippen LogP contribution in [0.5, 0.6) is 5.88 Å². The van der Waals surface area contributed by atoms with E-state index in [0.717, 1.165) is 0 Å². The molecule has 146 valence electrons. The summed E-state index contributed by atoms with van der Waals surface area (Å²) in [5, 5.41) is 20.1. The Hall–Kier alpha value is -3.01. The van der Waals surface area contributed by atoms with Crippen molar-refractivity contribution in [3.05, 3.63) is 34.5 Å². The molecule has 2 aliphatic carbocycles. The number of halogens is 1. The van der Waals surface area contributed by atoms with Crippen LogP contribution in [0.1, 0.15) is 31.7 Å². The monoisotopic (exact) mass is 386 g/mol. The summed E-state index contributed by atoms with van der Waals surface area (Å²) in [5.74, 6) is -0.579. The van der Waals surface area contributed by atoms with Gasteiger partial charge in [0.05, 0.1) is 24.5 Å². The number of rotatable bonds is 2. The molecule has 2 atom stereocenters. The van der Waals surface area contributed by atoms with E-state index >= 15 is 0 Å². The number of aliphatic imine (C=N–C) groups is 1. The van der Waals surface area contributed by atoms with Crippen LogP contribution in [0.3, 0.4) is 0 Å². The summed E-state index contributed by atoms with van der Waals surface area (Å²) in [6.45, 7) is 0. The highest BCUT2D eigenvalue weighted by molar-refractivity contribution is 5.85. The van der Waals surface area contributed by atoms with Gasteiger partial charge in [0.25, 0.3) is 0 Å². The molecule has 5 rings (SSSR count). The van der Waals surface area contributed by atoms with Crippen molar-refractivity contribution in [2.45, 2.75) is 49.9 Å². The minimum absolute atomic E-state index is 0.123. The van der Waals surface area contributed by atoms with Gasteiger partial charge in [0.2, 0.25) is 11.8 Å². The van der Waals surface area contributed by atoms with Gasteiger partial charge in [-0.25, -0.2) is 9.18 Å². The smallest absolute Gasteiger partial charge is 0.328 e. The maximum absolute atomic E-state index is 13.7. The van der Waals surface area contributed by atoms with E-state index in [-0.39, 0.29) is 47.0 Å². The third kappa shape index (κ3) is 2.63. The molecule has 2 aromatic rings. The molecule has 1 fully saturated rings. The molecular formula is C18H19FN6O3. The number of aromatic nitrogens is 4. The molecule has 10 heteroatoms. The number of nitrogens with one attached hydrogen (secondary N) is 1. The summed E-state index contributed by atoms with van der Waals surface area (Å²) in [4.78, 5) is 29.7. The van der Waals surface area contributed by atoms with Crippen LogP contribution in [0.25, 0.3) is 11.2 Å². The first kappa shape index (κ1) is 17.1. The molecular weight excluding hydrogens is 367 g/mol. The van der Waals surface area contributed by atoms with Crippen LogP contribution in [0.2, 0.25) is 0 Å². The second kappa shape index (κ2) is 6.26. The number of aliphatic hydroxyl groups is 1. The lowest BCUT2D eigenvalue weighted by Crippen LogP contribution is -2.36. The number of hydrogen-bond acceptors (Lipinski definition) is 7. The largest absolute Gasteiger partial charge is 0.492 e. The number of aromatic hydroxyl groups is 1. The van der Waals surface area contributed by atoms with Crippen LogP contribution in [0, 0.1) is 0 Å². The summed E-state index contributed by atoms with van der Waals surface area (Å²) in [6.07, 6.45) is 8.11. The summed E-state index contributed by atoms with van der Waals surface area (Å²) in [5.41, 5.74) is 0.0806. The van der Waals surface area contributed by atoms with E-state index < -0.39 is 6.04 Å². The van der Waals surface area contributed by atoms with Crippen LogP contribution < -0.4 is 10.6 Å². The average Bonchev–Trinajstić information content (AvgIpc) is 3.23. The molecule has 3 N–H and O–H groups in total. The highest BCUT2D eigenvalue weighted by Gasteiger charge is 2.34. The Kier molecular flexibility index (Phi) is 3.83. The lowest BCUT2D eigenvalue weighted by atomic mass is 9.93. The van der Waals surface area contributed by atoms with Crippen molar-refractivity contribution in [1.82, 2.24) is 19.5 Å². The zero-order valence-corrected chi connectivity index (χ0v) is 14.9. The fraction of sp³-hybridized carbons (Fsp3) is 0.444. The van der Waals surface area contributed by atoms with Crippen molar-refractivity contribution in [1.29, 1.82) is 0 Å². The molecule has 0 spiro atoms. The van der Waals surface area contributed by atoms with Crippen molar-refractivity contribution in [2.24, 2.45) is 4.99 Å². The van der Waals surface area contributed by atoms with Crippen molar-refractivity contribution >= 4 is 23.5 Å². The van der Waals surface area contributed by atoms with Crippen LogP contribution in [0.4, 0.5) is 10.3 Å². The molecule has 28 heavy (non-hydrogen) atoms. The van der Waals surface area contributed by atoms with Gasteiger partial charge in [0.1, 0.15) is 11.3 Å². The third-order valence-corrected chi connectivity index (χ3v) is 5.62. The zero-order chi connectivity index (χ0) is 19.4. The molecule has 0 aromatic carbocycles. The SMILES string of the molecule is O=c1[nH]c2c(O)nc(N3C=NC4C=CC(F)=CC43)nc2n1C1CCC(O)CC1. The Balaban J connectivity index is 1.59. The molecule has 1 saturated carbocycles. The summed E-state index contributed by atoms with van der Waals surface area (Å²) in [6, 6.07) is -0.804. The molecule has 9 nitrogen and oxygen atoms in total. The van der Waals surface area contributed by atoms with Gasteiger partial charge < -0.3 is 10.2 Å². The molecule has 0 radical (unpaired) electrons. The summed E-state index contributed by atoms with van der Waals surface area (Å²) in [7, 11) is 0. The topological polar surface area (TPSA) is 120 Å². The quantitative estimate of drug-likeness (QED) is 0.716. The van der Waals surface area contributed by atoms with E-state index in [4.69, 9.17) is 0 Å². The third-order valence-electron chi connectivity index (χ3n) is 5.62. The first-order valence-electron chi connectivity index (χ1n) is 9.27. The number of hydrogen-bond donors (Lipinski definition) is 3. The standard InChI is InChI=1S/C18H19FN6O3/c19-9-1-6-12-13(7-9)24(8-20-12)17-22-15-14(16(27)23-17)21-18(28)25(15)10-2-4-11(26)5-3-10/h1,6-8,10-13,26H,2-5H2,(H,21,28)(H,22,23,27). The Morgan fingerprint density at radius 1 is 1.21 bits per heavy atom. The van der Waals surface area contributed by atoms with E-state index in [9.17, 15) is 19.4 Å². The van der Waals surface area contributed by atoms with Crippen LogP contribution in [0.15, 0.2) is 33.8 Å². The molecule has 2 unspecified atom stereocenters. The van der Waals surface area contributed by atoms with Crippen molar-refractivity contribution < 1.29 is 14.6 Å². The van der Waals surface area contributed by atoms with E-state index in [1.807, 2.05) is 0 Å². The van der Waals surface area contributed by atoms with Gasteiger partial charge in [-0.3, -0.25) is 19.4 Å². The molecule has 3 aliphatic rings. The van der Waals surface area contributed by atoms with Gasteiger partial charge in [0.15, 0.2) is 5.65 Å². The number of anilines is 1. The predicted molar refractivity (Wildman–Crippen MR) is 100 cm³/mol. The van der Waals surface area contributed by atoms with Crippen LogP contribution >= 0.6 is 0 Å². The Morgan fingerprint density at radius 3 is 2.79 bits per heavy atom. The van der Waals surface area contributed by atoms with Gasteiger partial charge in [-0.05, 0) is 37.8 Å². The van der Waals surface area contributed by atoms with E-state index in [1.54, 1.807) is 11.0 Å². The van der Waals surface area contributed by atoms with Crippen molar-refractivity contribution in [3.63, 3.8) is 0 Å².